The highest BCUT2D eigenvalue weighted by Crippen LogP contribution is 2.45. The number of phosphoric ester groups is 2. The molecule has 0 aliphatic carbocycles. The normalized spacial score (nSPS) is 14.2. The Hall–Kier alpha value is -1.94. The van der Waals surface area contributed by atoms with E-state index < -0.39 is 97.5 Å². The summed E-state index contributed by atoms with van der Waals surface area (Å²) in [6.07, 6.45) is 47.5. The Bertz CT molecular complexity index is 1830. The van der Waals surface area contributed by atoms with Crippen LogP contribution in [-0.4, -0.2) is 96.7 Å². The molecule has 0 saturated carbocycles. The molecule has 0 aromatic rings. The molecule has 0 aromatic heterocycles. The summed E-state index contributed by atoms with van der Waals surface area (Å²) in [4.78, 5) is 72.6. The number of esters is 4. The number of aliphatic hydroxyl groups is 1. The minimum absolute atomic E-state index is 0.104. The third-order valence-corrected chi connectivity index (χ3v) is 19.0. The topological polar surface area (TPSA) is 237 Å². The Kier molecular flexibility index (Phi) is 62.2. The van der Waals surface area contributed by atoms with Crippen molar-refractivity contribution in [3.8, 4) is 0 Å². The maximum atomic E-state index is 13.0. The highest BCUT2D eigenvalue weighted by Gasteiger charge is 2.30. The van der Waals surface area contributed by atoms with Crippen LogP contribution in [0.3, 0.4) is 0 Å². The summed E-state index contributed by atoms with van der Waals surface area (Å²) in [6, 6.07) is 0. The molecule has 0 heterocycles. The number of unbranched alkanes of at least 4 members (excludes halogenated alkanes) is 37. The van der Waals surface area contributed by atoms with Gasteiger partial charge in [0, 0.05) is 25.7 Å². The van der Waals surface area contributed by atoms with Gasteiger partial charge in [-0.25, -0.2) is 9.13 Å². The first-order chi connectivity index (χ1) is 44.6. The van der Waals surface area contributed by atoms with Crippen LogP contribution in [0.15, 0.2) is 0 Å². The van der Waals surface area contributed by atoms with Crippen molar-refractivity contribution in [1.82, 2.24) is 0 Å². The summed E-state index contributed by atoms with van der Waals surface area (Å²) in [7, 11) is -9.91. The molecule has 3 unspecified atom stereocenters. The lowest BCUT2D eigenvalue weighted by molar-refractivity contribution is -0.161. The predicted molar refractivity (Wildman–Crippen MR) is 377 cm³/mol. The highest BCUT2D eigenvalue weighted by atomic mass is 31.2. The second-order valence-electron chi connectivity index (χ2n) is 28.6. The number of phosphoric acid groups is 2. The van der Waals surface area contributed by atoms with E-state index in [0.29, 0.717) is 37.5 Å². The van der Waals surface area contributed by atoms with Crippen molar-refractivity contribution in [3.63, 3.8) is 0 Å². The van der Waals surface area contributed by atoms with Crippen LogP contribution in [0, 0.1) is 23.7 Å². The fourth-order valence-electron chi connectivity index (χ4n) is 11.2. The molecule has 0 fully saturated rings. The van der Waals surface area contributed by atoms with Gasteiger partial charge >= 0.3 is 39.5 Å². The van der Waals surface area contributed by atoms with Gasteiger partial charge in [-0.2, -0.15) is 0 Å². The van der Waals surface area contributed by atoms with Crippen LogP contribution >= 0.6 is 15.6 Å². The van der Waals surface area contributed by atoms with Gasteiger partial charge in [-0.3, -0.25) is 37.3 Å². The molecule has 0 bridgehead atoms. The van der Waals surface area contributed by atoms with Crippen LogP contribution in [0.4, 0.5) is 0 Å². The minimum Gasteiger partial charge on any atom is -0.462 e. The van der Waals surface area contributed by atoms with Crippen molar-refractivity contribution in [2.75, 3.05) is 39.6 Å². The lowest BCUT2D eigenvalue weighted by Gasteiger charge is -2.21. The van der Waals surface area contributed by atoms with Crippen LogP contribution in [0.25, 0.3) is 0 Å². The van der Waals surface area contributed by atoms with E-state index in [2.05, 4.69) is 55.4 Å². The predicted octanol–water partition coefficient (Wildman–Crippen LogP) is 21.3. The first-order valence-corrected chi connectivity index (χ1v) is 41.2. The molecule has 3 N–H and O–H groups in total. The van der Waals surface area contributed by atoms with E-state index in [-0.39, 0.29) is 25.7 Å². The van der Waals surface area contributed by atoms with Gasteiger partial charge in [0.2, 0.25) is 0 Å². The molecule has 0 aliphatic rings. The summed E-state index contributed by atoms with van der Waals surface area (Å²) < 4.78 is 68.4. The lowest BCUT2D eigenvalue weighted by atomic mass is 10.0. The van der Waals surface area contributed by atoms with Gasteiger partial charge in [0.1, 0.15) is 19.3 Å². The Morgan fingerprint density at radius 1 is 0.269 bits per heavy atom. The zero-order valence-electron chi connectivity index (χ0n) is 60.9. The van der Waals surface area contributed by atoms with Gasteiger partial charge in [-0.15, -0.1) is 0 Å². The standard InChI is InChI=1S/C74H144O17P2/c1-64(2)50-42-34-26-20-17-15-13-11-9-10-12-14-16-18-22-30-40-48-56-73(78)90-69(60-84-71(76)54-46-38-32-24-28-36-44-52-66(5)6)62-88-92(80,81)86-58-68(75)59-87-93(82,83)89-63-70(61-85-72(77)55-47-39-33-25-29-37-45-53-67(7)8)91-74(79)57-49-41-31-23-19-21-27-35-43-51-65(3)4/h64-70,75H,9-63H2,1-8H3,(H,80,81)(H,82,83)/t68?,69-,70-/m1/s1. The van der Waals surface area contributed by atoms with Crippen LogP contribution in [0.5, 0.6) is 0 Å². The van der Waals surface area contributed by atoms with Crippen molar-refractivity contribution in [2.45, 2.75) is 388 Å². The first-order valence-electron chi connectivity index (χ1n) is 38.2. The number of hydrogen-bond donors (Lipinski definition) is 3. The van der Waals surface area contributed by atoms with Crippen molar-refractivity contribution in [2.24, 2.45) is 23.7 Å². The van der Waals surface area contributed by atoms with Crippen molar-refractivity contribution in [3.05, 3.63) is 0 Å². The van der Waals surface area contributed by atoms with Crippen molar-refractivity contribution < 1.29 is 80.2 Å². The van der Waals surface area contributed by atoms with E-state index in [9.17, 15) is 43.2 Å². The third kappa shape index (κ3) is 68.4. The molecule has 93 heavy (non-hydrogen) atoms. The summed E-state index contributed by atoms with van der Waals surface area (Å²) in [6.45, 7) is 14.1. The zero-order valence-corrected chi connectivity index (χ0v) is 62.7. The Labute approximate surface area is 568 Å². The molecule has 17 nitrogen and oxygen atoms in total. The van der Waals surface area contributed by atoms with Gasteiger partial charge in [-0.05, 0) is 49.4 Å². The average Bonchev–Trinajstić information content (AvgIpc) is 1.63. The van der Waals surface area contributed by atoms with Gasteiger partial charge < -0.3 is 33.8 Å². The second kappa shape index (κ2) is 63.5. The molecular formula is C74H144O17P2. The van der Waals surface area contributed by atoms with Gasteiger partial charge in [0.15, 0.2) is 12.2 Å². The molecular weight excluding hydrogens is 1220 g/mol. The van der Waals surface area contributed by atoms with E-state index in [0.717, 1.165) is 115 Å². The Morgan fingerprint density at radius 3 is 0.667 bits per heavy atom. The monoisotopic (exact) mass is 1370 g/mol. The van der Waals surface area contributed by atoms with Crippen molar-refractivity contribution >= 4 is 39.5 Å². The molecule has 0 rings (SSSR count). The number of hydrogen-bond acceptors (Lipinski definition) is 15. The van der Waals surface area contributed by atoms with Crippen LogP contribution in [0.1, 0.15) is 370 Å². The second-order valence-corrected chi connectivity index (χ2v) is 31.5. The van der Waals surface area contributed by atoms with Gasteiger partial charge in [-0.1, -0.05) is 319 Å². The maximum absolute atomic E-state index is 13.0. The quantitative estimate of drug-likeness (QED) is 0.0222. The number of carbonyl (C=O) groups is 4. The third-order valence-electron chi connectivity index (χ3n) is 17.1. The molecule has 0 spiro atoms. The van der Waals surface area contributed by atoms with Gasteiger partial charge in [0.25, 0.3) is 0 Å². The molecule has 5 atom stereocenters. The Morgan fingerprint density at radius 2 is 0.452 bits per heavy atom. The smallest absolute Gasteiger partial charge is 0.462 e. The summed E-state index contributed by atoms with van der Waals surface area (Å²) in [5.41, 5.74) is 0. The van der Waals surface area contributed by atoms with E-state index in [1.54, 1.807) is 0 Å². The summed E-state index contributed by atoms with van der Waals surface area (Å²) >= 11 is 0. The molecule has 0 amide bonds. The number of ether oxygens (including phenoxy) is 4. The fraction of sp³-hybridized carbons (Fsp3) is 0.946. The first kappa shape index (κ1) is 91.1. The van der Waals surface area contributed by atoms with E-state index in [1.165, 1.54) is 161 Å². The number of aliphatic hydroxyl groups excluding tert-OH is 1. The van der Waals surface area contributed by atoms with Crippen LogP contribution < -0.4 is 0 Å². The molecule has 0 radical (unpaired) electrons. The summed E-state index contributed by atoms with van der Waals surface area (Å²) in [5.74, 6) is 0.840. The fourth-order valence-corrected chi connectivity index (χ4v) is 12.8. The average molecular weight is 1370 g/mol. The Balaban J connectivity index is 5.17. The molecule has 0 aromatic carbocycles. The molecule has 0 saturated heterocycles. The lowest BCUT2D eigenvalue weighted by Crippen LogP contribution is -2.30. The van der Waals surface area contributed by atoms with E-state index >= 15 is 0 Å². The van der Waals surface area contributed by atoms with Crippen molar-refractivity contribution in [1.29, 1.82) is 0 Å². The SMILES string of the molecule is CC(C)CCCCCCCCCCCCCCCCCCCCC(=O)O[C@H](COC(=O)CCCCCCCCCC(C)C)COP(=O)(O)OCC(O)COP(=O)(O)OC[C@@H](COC(=O)CCCCCCCCCC(C)C)OC(=O)CCCCCCCCCCCC(C)C. The summed E-state index contributed by atoms with van der Waals surface area (Å²) in [5, 5.41) is 10.6. The van der Waals surface area contributed by atoms with E-state index in [1.807, 2.05) is 0 Å². The minimum atomic E-state index is -4.95. The van der Waals surface area contributed by atoms with Crippen LogP contribution in [-0.2, 0) is 65.4 Å². The van der Waals surface area contributed by atoms with Gasteiger partial charge in [0.05, 0.1) is 26.4 Å². The molecule has 0 aliphatic heterocycles. The highest BCUT2D eigenvalue weighted by molar-refractivity contribution is 7.47. The molecule has 19 heteroatoms. The molecule has 552 valence electrons. The zero-order chi connectivity index (χ0) is 68.9. The maximum Gasteiger partial charge on any atom is 0.472 e. The number of rotatable bonds is 71. The number of carbonyl (C=O) groups excluding carboxylic acids is 4. The van der Waals surface area contributed by atoms with Crippen LogP contribution in [0.2, 0.25) is 0 Å². The van der Waals surface area contributed by atoms with E-state index in [4.69, 9.17) is 37.0 Å². The largest absolute Gasteiger partial charge is 0.472 e.